The number of anilines is 1. The minimum Gasteiger partial charge on any atom is -0.454 e. The van der Waals surface area contributed by atoms with Gasteiger partial charge in [-0.25, -0.2) is 4.39 Å². The van der Waals surface area contributed by atoms with E-state index in [0.29, 0.717) is 22.7 Å². The molecule has 1 N–H and O–H groups in total. The van der Waals surface area contributed by atoms with E-state index in [2.05, 4.69) is 5.32 Å². The molecule has 0 bridgehead atoms. The number of hydrogen-bond acceptors (Lipinski definition) is 4. The van der Waals surface area contributed by atoms with Crippen molar-refractivity contribution >= 4 is 11.5 Å². The highest BCUT2D eigenvalue weighted by molar-refractivity contribution is 6.05. The predicted molar refractivity (Wildman–Crippen MR) is 76.1 cm³/mol. The number of ether oxygens (including phenoxy) is 2. The van der Waals surface area contributed by atoms with Crippen molar-refractivity contribution in [2.45, 2.75) is 0 Å². The average Bonchev–Trinajstić information content (AvgIpc) is 2.94. The molecule has 0 aromatic heterocycles. The Morgan fingerprint density at radius 2 is 2.00 bits per heavy atom. The largest absolute Gasteiger partial charge is 0.454 e. The van der Waals surface area contributed by atoms with E-state index >= 15 is 0 Å². The first-order valence-electron chi connectivity index (χ1n) is 6.35. The van der Waals surface area contributed by atoms with Crippen molar-refractivity contribution in [3.05, 3.63) is 66.1 Å². The summed E-state index contributed by atoms with van der Waals surface area (Å²) in [4.78, 5) is 12.0. The molecule has 21 heavy (non-hydrogen) atoms. The highest BCUT2D eigenvalue weighted by Crippen LogP contribution is 2.32. The third-order valence-electron chi connectivity index (χ3n) is 2.97. The maximum Gasteiger partial charge on any atom is 0.231 e. The van der Waals surface area contributed by atoms with Gasteiger partial charge in [0.15, 0.2) is 17.3 Å². The van der Waals surface area contributed by atoms with Gasteiger partial charge in [-0.3, -0.25) is 4.79 Å². The lowest BCUT2D eigenvalue weighted by molar-refractivity contribution is 0.104. The van der Waals surface area contributed by atoms with Crippen LogP contribution in [0.1, 0.15) is 10.4 Å². The van der Waals surface area contributed by atoms with E-state index in [9.17, 15) is 9.18 Å². The molecule has 1 heterocycles. The predicted octanol–water partition coefficient (Wildman–Crippen LogP) is 3.36. The lowest BCUT2D eigenvalue weighted by Gasteiger charge is -2.01. The van der Waals surface area contributed by atoms with Crippen molar-refractivity contribution in [1.29, 1.82) is 0 Å². The van der Waals surface area contributed by atoms with Crippen LogP contribution in [0.4, 0.5) is 10.1 Å². The first kappa shape index (κ1) is 13.2. The van der Waals surface area contributed by atoms with Gasteiger partial charge >= 0.3 is 0 Å². The standard InChI is InChI=1S/C16H12FNO3/c17-12-2-1-3-13(9-12)18-7-6-14(19)11-4-5-15-16(8-11)21-10-20-15/h1-9,18H,10H2/b7-6+. The van der Waals surface area contributed by atoms with Gasteiger partial charge in [0.25, 0.3) is 0 Å². The molecule has 0 aliphatic carbocycles. The second kappa shape index (κ2) is 5.66. The zero-order valence-corrected chi connectivity index (χ0v) is 11.0. The number of ketones is 1. The zero-order valence-electron chi connectivity index (χ0n) is 11.0. The first-order valence-corrected chi connectivity index (χ1v) is 6.35. The molecule has 1 aliphatic rings. The lowest BCUT2D eigenvalue weighted by atomic mass is 10.1. The molecular weight excluding hydrogens is 273 g/mol. The van der Waals surface area contributed by atoms with E-state index in [-0.39, 0.29) is 18.4 Å². The summed E-state index contributed by atoms with van der Waals surface area (Å²) in [5, 5.41) is 2.84. The molecule has 0 amide bonds. The number of carbonyl (C=O) groups excluding carboxylic acids is 1. The minimum absolute atomic E-state index is 0.171. The maximum absolute atomic E-state index is 13.0. The smallest absolute Gasteiger partial charge is 0.231 e. The van der Waals surface area contributed by atoms with Crippen molar-refractivity contribution in [1.82, 2.24) is 0 Å². The molecule has 5 heteroatoms. The number of hydrogen-bond donors (Lipinski definition) is 1. The quantitative estimate of drug-likeness (QED) is 0.691. The molecule has 0 fully saturated rings. The Morgan fingerprint density at radius 3 is 2.86 bits per heavy atom. The van der Waals surface area contributed by atoms with Crippen LogP contribution in [-0.2, 0) is 0 Å². The molecule has 0 radical (unpaired) electrons. The number of benzene rings is 2. The summed E-state index contributed by atoms with van der Waals surface area (Å²) in [5.41, 5.74) is 1.07. The maximum atomic E-state index is 13.0. The van der Waals surface area contributed by atoms with Crippen molar-refractivity contribution in [2.24, 2.45) is 0 Å². The summed E-state index contributed by atoms with van der Waals surface area (Å²) in [6, 6.07) is 11.0. The molecule has 2 aromatic carbocycles. The second-order valence-electron chi connectivity index (χ2n) is 4.42. The molecule has 3 rings (SSSR count). The van der Waals surface area contributed by atoms with Gasteiger partial charge in [-0.1, -0.05) is 6.07 Å². The fraction of sp³-hybridized carbons (Fsp3) is 0.0625. The summed E-state index contributed by atoms with van der Waals surface area (Å²) < 4.78 is 23.4. The van der Waals surface area contributed by atoms with Crippen molar-refractivity contribution in [3.8, 4) is 11.5 Å². The summed E-state index contributed by atoms with van der Waals surface area (Å²) in [7, 11) is 0. The normalized spacial score (nSPS) is 12.6. The molecular formula is C16H12FNO3. The Bertz CT molecular complexity index is 712. The molecule has 0 atom stereocenters. The van der Waals surface area contributed by atoms with E-state index in [1.807, 2.05) is 0 Å². The highest BCUT2D eigenvalue weighted by atomic mass is 19.1. The lowest BCUT2D eigenvalue weighted by Crippen LogP contribution is -1.96. The highest BCUT2D eigenvalue weighted by Gasteiger charge is 2.14. The summed E-state index contributed by atoms with van der Waals surface area (Å²) in [5.74, 6) is 0.674. The van der Waals surface area contributed by atoms with Gasteiger partial charge in [0, 0.05) is 23.5 Å². The van der Waals surface area contributed by atoms with E-state index in [1.165, 1.54) is 24.4 Å². The van der Waals surface area contributed by atoms with E-state index in [4.69, 9.17) is 9.47 Å². The fourth-order valence-electron chi connectivity index (χ4n) is 1.94. The number of nitrogens with one attached hydrogen (secondary N) is 1. The van der Waals surface area contributed by atoms with Crippen LogP contribution in [0.25, 0.3) is 0 Å². The van der Waals surface area contributed by atoms with Crippen LogP contribution in [0.3, 0.4) is 0 Å². The van der Waals surface area contributed by atoms with Crippen LogP contribution >= 0.6 is 0 Å². The molecule has 1 aliphatic heterocycles. The number of halogens is 1. The number of allylic oxidation sites excluding steroid dienone is 1. The summed E-state index contributed by atoms with van der Waals surface area (Å²) in [6.45, 7) is 0.171. The zero-order chi connectivity index (χ0) is 14.7. The van der Waals surface area contributed by atoms with Gasteiger partial charge < -0.3 is 14.8 Å². The minimum atomic E-state index is -0.338. The summed E-state index contributed by atoms with van der Waals surface area (Å²) >= 11 is 0. The van der Waals surface area contributed by atoms with Crippen LogP contribution in [-0.4, -0.2) is 12.6 Å². The third-order valence-corrected chi connectivity index (χ3v) is 2.97. The molecule has 0 saturated carbocycles. The molecule has 0 saturated heterocycles. The van der Waals surface area contributed by atoms with Crippen LogP contribution in [0.15, 0.2) is 54.7 Å². The fourth-order valence-corrected chi connectivity index (χ4v) is 1.94. The van der Waals surface area contributed by atoms with Gasteiger partial charge in [-0.15, -0.1) is 0 Å². The van der Waals surface area contributed by atoms with Crippen molar-refractivity contribution < 1.29 is 18.7 Å². The first-order chi connectivity index (χ1) is 10.2. The van der Waals surface area contributed by atoms with Crippen LogP contribution in [0.5, 0.6) is 11.5 Å². The van der Waals surface area contributed by atoms with Gasteiger partial charge in [-0.05, 0) is 36.4 Å². The van der Waals surface area contributed by atoms with Crippen LogP contribution in [0, 0.1) is 5.82 Å². The molecule has 0 spiro atoms. The monoisotopic (exact) mass is 285 g/mol. The molecule has 106 valence electrons. The SMILES string of the molecule is O=C(/C=C/Nc1cccc(F)c1)c1ccc2c(c1)OCO2. The summed E-state index contributed by atoms with van der Waals surface area (Å²) in [6.07, 6.45) is 2.85. The van der Waals surface area contributed by atoms with E-state index in [0.717, 1.165) is 0 Å². The van der Waals surface area contributed by atoms with Crippen molar-refractivity contribution in [2.75, 3.05) is 12.1 Å². The number of rotatable bonds is 4. The third kappa shape index (κ3) is 3.02. The Kier molecular flexibility index (Phi) is 3.55. The number of fused-ring (bicyclic) bond motifs is 1. The van der Waals surface area contributed by atoms with Gasteiger partial charge in [0.2, 0.25) is 6.79 Å². The van der Waals surface area contributed by atoms with Gasteiger partial charge in [0.1, 0.15) is 5.82 Å². The number of carbonyl (C=O) groups is 1. The van der Waals surface area contributed by atoms with E-state index < -0.39 is 0 Å². The average molecular weight is 285 g/mol. The van der Waals surface area contributed by atoms with Crippen LogP contribution in [0.2, 0.25) is 0 Å². The molecule has 2 aromatic rings. The van der Waals surface area contributed by atoms with Gasteiger partial charge in [-0.2, -0.15) is 0 Å². The van der Waals surface area contributed by atoms with E-state index in [1.54, 1.807) is 30.3 Å². The van der Waals surface area contributed by atoms with Crippen LogP contribution < -0.4 is 14.8 Å². The van der Waals surface area contributed by atoms with Gasteiger partial charge in [0.05, 0.1) is 0 Å². The molecule has 4 nitrogen and oxygen atoms in total. The topological polar surface area (TPSA) is 47.6 Å². The molecule has 0 unspecified atom stereocenters. The second-order valence-corrected chi connectivity index (χ2v) is 4.42. The van der Waals surface area contributed by atoms with Crippen molar-refractivity contribution in [3.63, 3.8) is 0 Å². The Morgan fingerprint density at radius 1 is 1.14 bits per heavy atom. The Labute approximate surface area is 120 Å². The Hall–Kier alpha value is -2.82. The Balaban J connectivity index is 1.67.